The zero-order chi connectivity index (χ0) is 12.5. The van der Waals surface area contributed by atoms with Crippen molar-refractivity contribution in [2.45, 2.75) is 6.42 Å². The summed E-state index contributed by atoms with van der Waals surface area (Å²) in [5.74, 6) is 1.13. The number of hydrogen-bond acceptors (Lipinski definition) is 2. The minimum atomic E-state index is 0.233. The first-order valence-corrected chi connectivity index (χ1v) is 6.43. The average molecular weight is 303 g/mol. The molecule has 18 heavy (non-hydrogen) atoms. The molecule has 0 radical (unpaired) electrons. The van der Waals surface area contributed by atoms with E-state index in [2.05, 4.69) is 33.0 Å². The molecular formula is C14H11BrN2O. The van der Waals surface area contributed by atoms with Crippen molar-refractivity contribution in [3.63, 3.8) is 0 Å². The van der Waals surface area contributed by atoms with Gasteiger partial charge in [-0.3, -0.25) is 4.40 Å². The van der Waals surface area contributed by atoms with Crippen LogP contribution in [0.3, 0.4) is 0 Å². The monoisotopic (exact) mass is 302 g/mol. The van der Waals surface area contributed by atoms with Crippen LogP contribution in [0.5, 0.6) is 5.75 Å². The van der Waals surface area contributed by atoms with Gasteiger partial charge in [0.1, 0.15) is 21.7 Å². The Morgan fingerprint density at radius 1 is 1.11 bits per heavy atom. The van der Waals surface area contributed by atoms with Gasteiger partial charge >= 0.3 is 0 Å². The van der Waals surface area contributed by atoms with Gasteiger partial charge in [0.15, 0.2) is 0 Å². The second kappa shape index (κ2) is 4.46. The fourth-order valence-corrected chi connectivity index (χ4v) is 2.64. The maximum Gasteiger partial charge on any atom is 0.142 e. The fraction of sp³-hybridized carbons (Fsp3) is 0.0714. The Kier molecular flexibility index (Phi) is 2.80. The van der Waals surface area contributed by atoms with Gasteiger partial charge in [0.05, 0.1) is 0 Å². The highest BCUT2D eigenvalue weighted by molar-refractivity contribution is 9.10. The van der Waals surface area contributed by atoms with Crippen LogP contribution in [0.2, 0.25) is 0 Å². The van der Waals surface area contributed by atoms with Crippen molar-refractivity contribution in [2.24, 2.45) is 0 Å². The maximum absolute atomic E-state index is 9.84. The van der Waals surface area contributed by atoms with Crippen LogP contribution in [-0.4, -0.2) is 14.5 Å². The average Bonchev–Trinajstić information content (AvgIpc) is 2.69. The summed E-state index contributed by atoms with van der Waals surface area (Å²) in [6.45, 7) is 0. The number of aromatic hydroxyl groups is 1. The number of aromatic nitrogens is 2. The summed E-state index contributed by atoms with van der Waals surface area (Å²) in [7, 11) is 0. The third-order valence-corrected chi connectivity index (χ3v) is 3.43. The molecule has 1 N–H and O–H groups in total. The predicted octanol–water partition coefficient (Wildman–Crippen LogP) is 3.39. The Morgan fingerprint density at radius 2 is 1.89 bits per heavy atom. The van der Waals surface area contributed by atoms with Gasteiger partial charge in [-0.15, -0.1) is 0 Å². The molecule has 0 amide bonds. The summed E-state index contributed by atoms with van der Waals surface area (Å²) >= 11 is 3.39. The number of nitrogens with zero attached hydrogens (tertiary/aromatic N) is 2. The topological polar surface area (TPSA) is 37.5 Å². The lowest BCUT2D eigenvalue weighted by Gasteiger charge is -2.02. The first-order chi connectivity index (χ1) is 8.75. The highest BCUT2D eigenvalue weighted by Crippen LogP contribution is 2.27. The molecule has 3 rings (SSSR count). The standard InChI is InChI=1S/C14H11BrN2O/c15-14-13-11(18)7-4-8-17(13)12(16-14)9-10-5-2-1-3-6-10/h1-8,18H,9H2. The second-order valence-electron chi connectivity index (χ2n) is 4.09. The zero-order valence-electron chi connectivity index (χ0n) is 9.55. The van der Waals surface area contributed by atoms with E-state index in [1.807, 2.05) is 34.9 Å². The largest absolute Gasteiger partial charge is 0.506 e. The lowest BCUT2D eigenvalue weighted by atomic mass is 10.1. The molecule has 0 aliphatic carbocycles. The van der Waals surface area contributed by atoms with Crippen molar-refractivity contribution in [3.05, 3.63) is 64.7 Å². The lowest BCUT2D eigenvalue weighted by molar-refractivity contribution is 0.478. The van der Waals surface area contributed by atoms with Gasteiger partial charge in [0.2, 0.25) is 0 Å². The normalized spacial score (nSPS) is 10.9. The van der Waals surface area contributed by atoms with E-state index in [-0.39, 0.29) is 5.75 Å². The molecule has 0 saturated carbocycles. The quantitative estimate of drug-likeness (QED) is 0.788. The molecule has 0 bridgehead atoms. The first-order valence-electron chi connectivity index (χ1n) is 5.64. The van der Waals surface area contributed by atoms with Crippen LogP contribution in [0.15, 0.2) is 53.3 Å². The van der Waals surface area contributed by atoms with E-state index >= 15 is 0 Å². The second-order valence-corrected chi connectivity index (χ2v) is 4.84. The maximum atomic E-state index is 9.84. The molecular weight excluding hydrogens is 292 g/mol. The zero-order valence-corrected chi connectivity index (χ0v) is 11.1. The third-order valence-electron chi connectivity index (χ3n) is 2.88. The first kappa shape index (κ1) is 11.3. The molecule has 0 saturated heterocycles. The minimum absolute atomic E-state index is 0.233. The molecule has 4 heteroatoms. The van der Waals surface area contributed by atoms with E-state index in [0.29, 0.717) is 10.1 Å². The molecule has 0 aliphatic rings. The lowest BCUT2D eigenvalue weighted by Crippen LogP contribution is -1.95. The molecule has 3 aromatic rings. The van der Waals surface area contributed by atoms with Crippen molar-refractivity contribution in [2.75, 3.05) is 0 Å². The number of benzene rings is 1. The molecule has 1 aromatic carbocycles. The van der Waals surface area contributed by atoms with Crippen LogP contribution < -0.4 is 0 Å². The van der Waals surface area contributed by atoms with E-state index < -0.39 is 0 Å². The molecule has 0 atom stereocenters. The molecule has 0 fully saturated rings. The molecule has 0 spiro atoms. The Morgan fingerprint density at radius 3 is 2.67 bits per heavy atom. The smallest absolute Gasteiger partial charge is 0.142 e. The van der Waals surface area contributed by atoms with E-state index in [1.165, 1.54) is 5.56 Å². The Bertz CT molecular complexity index is 692. The fourth-order valence-electron chi connectivity index (χ4n) is 2.04. The number of pyridine rings is 1. The van der Waals surface area contributed by atoms with Crippen molar-refractivity contribution in [3.8, 4) is 5.75 Å². The summed E-state index contributed by atoms with van der Waals surface area (Å²) in [5, 5.41) is 9.84. The summed E-state index contributed by atoms with van der Waals surface area (Å²) in [5.41, 5.74) is 1.91. The SMILES string of the molecule is Oc1cccn2c(Cc3ccccc3)nc(Br)c12. The van der Waals surface area contributed by atoms with Crippen LogP contribution in [0, 0.1) is 0 Å². The summed E-state index contributed by atoms with van der Waals surface area (Å²) in [6, 6.07) is 13.6. The molecule has 2 aromatic heterocycles. The van der Waals surface area contributed by atoms with Crippen molar-refractivity contribution >= 4 is 21.4 Å². The van der Waals surface area contributed by atoms with E-state index in [9.17, 15) is 5.11 Å². The molecule has 2 heterocycles. The van der Waals surface area contributed by atoms with Gasteiger partial charge in [-0.2, -0.15) is 0 Å². The Hall–Kier alpha value is -1.81. The van der Waals surface area contributed by atoms with Gasteiger partial charge in [0.25, 0.3) is 0 Å². The number of hydrogen-bond donors (Lipinski definition) is 1. The molecule has 90 valence electrons. The third kappa shape index (κ3) is 1.88. The summed E-state index contributed by atoms with van der Waals surface area (Å²) in [6.07, 6.45) is 2.64. The Balaban J connectivity index is 2.11. The summed E-state index contributed by atoms with van der Waals surface area (Å²) in [4.78, 5) is 4.47. The highest BCUT2D eigenvalue weighted by atomic mass is 79.9. The molecule has 3 nitrogen and oxygen atoms in total. The molecule has 0 unspecified atom stereocenters. The van der Waals surface area contributed by atoms with Crippen LogP contribution in [0.25, 0.3) is 5.52 Å². The van der Waals surface area contributed by atoms with E-state index in [1.54, 1.807) is 6.07 Å². The van der Waals surface area contributed by atoms with Crippen LogP contribution in [0.1, 0.15) is 11.4 Å². The van der Waals surface area contributed by atoms with Crippen LogP contribution in [-0.2, 0) is 6.42 Å². The Labute approximate surface area is 113 Å². The van der Waals surface area contributed by atoms with Gasteiger partial charge in [-0.25, -0.2) is 4.98 Å². The molecule has 0 aliphatic heterocycles. The van der Waals surface area contributed by atoms with Gasteiger partial charge in [-0.05, 0) is 33.6 Å². The number of rotatable bonds is 2. The number of halogens is 1. The van der Waals surface area contributed by atoms with Crippen molar-refractivity contribution < 1.29 is 5.11 Å². The summed E-state index contributed by atoms with van der Waals surface area (Å²) < 4.78 is 2.58. The van der Waals surface area contributed by atoms with E-state index in [4.69, 9.17) is 0 Å². The predicted molar refractivity (Wildman–Crippen MR) is 73.8 cm³/mol. The minimum Gasteiger partial charge on any atom is -0.506 e. The number of fused-ring (bicyclic) bond motifs is 1. The number of imidazole rings is 1. The highest BCUT2D eigenvalue weighted by Gasteiger charge is 2.12. The van der Waals surface area contributed by atoms with E-state index in [0.717, 1.165) is 12.2 Å². The van der Waals surface area contributed by atoms with Gasteiger partial charge < -0.3 is 5.11 Å². The van der Waals surface area contributed by atoms with Crippen LogP contribution in [0.4, 0.5) is 0 Å². The van der Waals surface area contributed by atoms with Crippen LogP contribution >= 0.6 is 15.9 Å². The van der Waals surface area contributed by atoms with Gasteiger partial charge in [0, 0.05) is 12.6 Å². The van der Waals surface area contributed by atoms with Crippen molar-refractivity contribution in [1.29, 1.82) is 0 Å². The van der Waals surface area contributed by atoms with Gasteiger partial charge in [-0.1, -0.05) is 30.3 Å². The van der Waals surface area contributed by atoms with Crippen molar-refractivity contribution in [1.82, 2.24) is 9.38 Å².